The Bertz CT molecular complexity index is 682. The van der Waals surface area contributed by atoms with Gasteiger partial charge in [-0.1, -0.05) is 18.2 Å². The molecule has 0 N–H and O–H groups in total. The van der Waals surface area contributed by atoms with Crippen LogP contribution in [-0.2, 0) is 0 Å². The Hall–Kier alpha value is -2.49. The van der Waals surface area contributed by atoms with Gasteiger partial charge in [0.25, 0.3) is 5.91 Å². The van der Waals surface area contributed by atoms with Gasteiger partial charge in [-0.2, -0.15) is 0 Å². The second kappa shape index (κ2) is 6.10. The molecule has 0 unspecified atom stereocenters. The van der Waals surface area contributed by atoms with Gasteiger partial charge in [0.05, 0.1) is 0 Å². The number of hydrogen-bond acceptors (Lipinski definition) is 2. The Morgan fingerprint density at radius 2 is 1.64 bits per heavy atom. The molecule has 22 heavy (non-hydrogen) atoms. The molecular formula is C18H16FNO2. The lowest BCUT2D eigenvalue weighted by molar-refractivity contribution is 0.0780. The first kappa shape index (κ1) is 14.4. The van der Waals surface area contributed by atoms with Crippen LogP contribution in [0.3, 0.4) is 0 Å². The van der Waals surface area contributed by atoms with E-state index in [9.17, 15) is 14.0 Å². The van der Waals surface area contributed by atoms with Gasteiger partial charge in [0.15, 0.2) is 5.78 Å². The van der Waals surface area contributed by atoms with E-state index >= 15 is 0 Å². The van der Waals surface area contributed by atoms with Gasteiger partial charge in [-0.3, -0.25) is 9.59 Å². The first-order chi connectivity index (χ1) is 10.6. The fourth-order valence-electron chi connectivity index (χ4n) is 2.77. The molecule has 112 valence electrons. The first-order valence-corrected chi connectivity index (χ1v) is 7.29. The molecular weight excluding hydrogens is 281 g/mol. The third kappa shape index (κ3) is 2.91. The van der Waals surface area contributed by atoms with Crippen molar-refractivity contribution >= 4 is 11.7 Å². The predicted molar refractivity (Wildman–Crippen MR) is 81.2 cm³/mol. The highest BCUT2D eigenvalue weighted by molar-refractivity contribution is 5.99. The van der Waals surface area contributed by atoms with Crippen LogP contribution in [0.5, 0.6) is 0 Å². The largest absolute Gasteiger partial charge is 0.338 e. The zero-order valence-electron chi connectivity index (χ0n) is 12.0. The van der Waals surface area contributed by atoms with E-state index in [-0.39, 0.29) is 23.4 Å². The minimum absolute atomic E-state index is 0.0247. The molecule has 1 atom stereocenters. The lowest BCUT2D eigenvalue weighted by atomic mass is 9.97. The van der Waals surface area contributed by atoms with Gasteiger partial charge in [0.2, 0.25) is 0 Å². The van der Waals surface area contributed by atoms with Crippen LogP contribution in [0.15, 0.2) is 54.6 Å². The molecule has 4 heteroatoms. The average Bonchev–Trinajstić information content (AvgIpc) is 3.05. The van der Waals surface area contributed by atoms with Gasteiger partial charge in [-0.25, -0.2) is 4.39 Å². The third-order valence-corrected chi connectivity index (χ3v) is 4.00. The van der Waals surface area contributed by atoms with Crippen LogP contribution >= 0.6 is 0 Å². The number of nitrogens with zero attached hydrogens (tertiary/aromatic N) is 1. The van der Waals surface area contributed by atoms with Crippen molar-refractivity contribution in [3.63, 3.8) is 0 Å². The number of carbonyl (C=O) groups is 2. The maximum atomic E-state index is 12.9. The topological polar surface area (TPSA) is 37.4 Å². The molecule has 0 bridgehead atoms. The van der Waals surface area contributed by atoms with Crippen LogP contribution in [0.1, 0.15) is 27.1 Å². The highest BCUT2D eigenvalue weighted by atomic mass is 19.1. The summed E-state index contributed by atoms with van der Waals surface area (Å²) in [6.07, 6.45) is 0.648. The number of carbonyl (C=O) groups excluding carboxylic acids is 2. The highest BCUT2D eigenvalue weighted by Crippen LogP contribution is 2.22. The number of ketones is 1. The van der Waals surface area contributed by atoms with E-state index in [1.54, 1.807) is 17.0 Å². The molecule has 0 saturated carbocycles. The smallest absolute Gasteiger partial charge is 0.253 e. The summed E-state index contributed by atoms with van der Waals surface area (Å²) in [6.45, 7) is 0.995. The maximum absolute atomic E-state index is 12.9. The average molecular weight is 297 g/mol. The quantitative estimate of drug-likeness (QED) is 0.816. The van der Waals surface area contributed by atoms with Crippen molar-refractivity contribution in [2.45, 2.75) is 6.42 Å². The van der Waals surface area contributed by atoms with E-state index in [1.165, 1.54) is 24.3 Å². The second-order valence-corrected chi connectivity index (χ2v) is 5.47. The Labute approximate surface area is 128 Å². The fraction of sp³-hybridized carbons (Fsp3) is 0.222. The number of likely N-dealkylation sites (tertiary alicyclic amines) is 1. The highest BCUT2D eigenvalue weighted by Gasteiger charge is 2.31. The van der Waals surface area contributed by atoms with E-state index in [2.05, 4.69) is 0 Å². The molecule has 2 aromatic rings. The minimum Gasteiger partial charge on any atom is -0.338 e. The van der Waals surface area contributed by atoms with E-state index in [0.29, 0.717) is 30.6 Å². The summed E-state index contributed by atoms with van der Waals surface area (Å²) in [5.74, 6) is -0.639. The SMILES string of the molecule is O=C(c1ccc(F)cc1)[C@H]1CCN(C(=O)c2ccccc2)C1. The standard InChI is InChI=1S/C18H16FNO2/c19-16-8-6-13(7-9-16)17(21)15-10-11-20(12-15)18(22)14-4-2-1-3-5-14/h1-9,15H,10-12H2/t15-/m0/s1. The van der Waals surface area contributed by atoms with Crippen LogP contribution in [0, 0.1) is 11.7 Å². The van der Waals surface area contributed by atoms with Crippen molar-refractivity contribution in [1.29, 1.82) is 0 Å². The molecule has 0 radical (unpaired) electrons. The molecule has 1 aliphatic rings. The Morgan fingerprint density at radius 3 is 2.32 bits per heavy atom. The van der Waals surface area contributed by atoms with E-state index < -0.39 is 0 Å². The molecule has 1 heterocycles. The monoisotopic (exact) mass is 297 g/mol. The van der Waals surface area contributed by atoms with E-state index in [0.717, 1.165) is 0 Å². The second-order valence-electron chi connectivity index (χ2n) is 5.47. The molecule has 1 saturated heterocycles. The summed E-state index contributed by atoms with van der Waals surface area (Å²) in [5.41, 5.74) is 1.14. The zero-order valence-corrected chi connectivity index (χ0v) is 12.0. The van der Waals surface area contributed by atoms with Crippen molar-refractivity contribution in [3.8, 4) is 0 Å². The predicted octanol–water partition coefficient (Wildman–Crippen LogP) is 3.17. The first-order valence-electron chi connectivity index (χ1n) is 7.29. The van der Waals surface area contributed by atoms with Crippen LogP contribution in [0.25, 0.3) is 0 Å². The molecule has 0 aromatic heterocycles. The Balaban J connectivity index is 1.68. The van der Waals surface area contributed by atoms with Gasteiger partial charge >= 0.3 is 0 Å². The van der Waals surface area contributed by atoms with Crippen molar-refractivity contribution in [2.24, 2.45) is 5.92 Å². The number of halogens is 1. The number of Topliss-reactive ketones (excluding diaryl/α,β-unsaturated/α-hetero) is 1. The van der Waals surface area contributed by atoms with Gasteiger partial charge in [-0.05, 0) is 42.8 Å². The third-order valence-electron chi connectivity index (χ3n) is 4.00. The van der Waals surface area contributed by atoms with E-state index in [1.807, 2.05) is 18.2 Å². The van der Waals surface area contributed by atoms with Crippen LogP contribution < -0.4 is 0 Å². The summed E-state index contributed by atoms with van der Waals surface area (Å²) in [4.78, 5) is 26.5. The summed E-state index contributed by atoms with van der Waals surface area (Å²) in [5, 5.41) is 0. The zero-order chi connectivity index (χ0) is 15.5. The lowest BCUT2D eigenvalue weighted by Crippen LogP contribution is -2.29. The van der Waals surface area contributed by atoms with Crippen molar-refractivity contribution in [1.82, 2.24) is 4.90 Å². The van der Waals surface area contributed by atoms with Crippen LogP contribution in [-0.4, -0.2) is 29.7 Å². The van der Waals surface area contributed by atoms with Gasteiger partial charge in [0.1, 0.15) is 5.82 Å². The number of amides is 1. The Morgan fingerprint density at radius 1 is 0.955 bits per heavy atom. The summed E-state index contributed by atoms with van der Waals surface area (Å²) >= 11 is 0. The van der Waals surface area contributed by atoms with Crippen molar-refractivity contribution in [3.05, 3.63) is 71.5 Å². The Kier molecular flexibility index (Phi) is 4.00. The molecule has 0 spiro atoms. The molecule has 1 aliphatic heterocycles. The van der Waals surface area contributed by atoms with Gasteiger partial charge in [-0.15, -0.1) is 0 Å². The molecule has 1 fully saturated rings. The molecule has 3 rings (SSSR count). The van der Waals surface area contributed by atoms with E-state index in [4.69, 9.17) is 0 Å². The fourth-order valence-corrected chi connectivity index (χ4v) is 2.77. The number of rotatable bonds is 3. The lowest BCUT2D eigenvalue weighted by Gasteiger charge is -2.16. The molecule has 3 nitrogen and oxygen atoms in total. The maximum Gasteiger partial charge on any atom is 0.253 e. The van der Waals surface area contributed by atoms with Crippen molar-refractivity contribution < 1.29 is 14.0 Å². The van der Waals surface area contributed by atoms with Crippen LogP contribution in [0.2, 0.25) is 0 Å². The summed E-state index contributed by atoms with van der Waals surface area (Å²) in [7, 11) is 0. The van der Waals surface area contributed by atoms with Crippen molar-refractivity contribution in [2.75, 3.05) is 13.1 Å². The number of hydrogen-bond donors (Lipinski definition) is 0. The molecule has 2 aromatic carbocycles. The summed E-state index contributed by atoms with van der Waals surface area (Å²) in [6, 6.07) is 14.6. The number of benzene rings is 2. The normalized spacial score (nSPS) is 17.5. The molecule has 0 aliphatic carbocycles. The van der Waals surface area contributed by atoms with Gasteiger partial charge < -0.3 is 4.90 Å². The summed E-state index contributed by atoms with van der Waals surface area (Å²) < 4.78 is 12.9. The van der Waals surface area contributed by atoms with Crippen LogP contribution in [0.4, 0.5) is 4.39 Å². The van der Waals surface area contributed by atoms with Gasteiger partial charge in [0, 0.05) is 30.1 Å². The minimum atomic E-state index is -0.358. The molecule has 1 amide bonds.